The van der Waals surface area contributed by atoms with Gasteiger partial charge in [0, 0.05) is 27.8 Å². The molecule has 2 nitrogen and oxygen atoms in total. The van der Waals surface area contributed by atoms with Gasteiger partial charge in [0.05, 0.1) is 5.56 Å². The number of hydrogen-bond donors (Lipinski definition) is 1. The highest BCUT2D eigenvalue weighted by Crippen LogP contribution is 2.14. The first kappa shape index (κ1) is 12.3. The fourth-order valence-corrected chi connectivity index (χ4v) is 2.74. The van der Waals surface area contributed by atoms with Gasteiger partial charge in [-0.05, 0) is 23.8 Å². The molecule has 0 spiro atoms. The molecular formula is C13H11BrN2S. The van der Waals surface area contributed by atoms with Crippen molar-refractivity contribution in [1.82, 2.24) is 5.32 Å². The number of thiophene rings is 1. The second-order valence-electron chi connectivity index (χ2n) is 3.65. The van der Waals surface area contributed by atoms with Crippen molar-refractivity contribution in [3.05, 3.63) is 56.2 Å². The van der Waals surface area contributed by atoms with Crippen molar-refractivity contribution in [3.63, 3.8) is 0 Å². The van der Waals surface area contributed by atoms with E-state index >= 15 is 0 Å². The van der Waals surface area contributed by atoms with Crippen LogP contribution in [0.3, 0.4) is 0 Å². The molecule has 1 aromatic heterocycles. The molecule has 1 aromatic carbocycles. The first-order valence-electron chi connectivity index (χ1n) is 5.20. The average Bonchev–Trinajstić information content (AvgIpc) is 2.77. The predicted octanol–water partition coefficient (Wildman–Crippen LogP) is 3.67. The lowest BCUT2D eigenvalue weighted by molar-refractivity contribution is 0.700. The van der Waals surface area contributed by atoms with Crippen LogP contribution in [0.15, 0.2) is 40.2 Å². The molecular weight excluding hydrogens is 296 g/mol. The minimum absolute atomic E-state index is 0.745. The number of rotatable bonds is 4. The molecule has 0 aliphatic carbocycles. The second-order valence-corrected chi connectivity index (χ2v) is 5.56. The van der Waals surface area contributed by atoms with Gasteiger partial charge >= 0.3 is 0 Å². The van der Waals surface area contributed by atoms with E-state index in [1.165, 1.54) is 10.4 Å². The Morgan fingerprint density at radius 3 is 2.88 bits per heavy atom. The number of halogens is 1. The number of nitrogens with zero attached hydrogens (tertiary/aromatic N) is 1. The van der Waals surface area contributed by atoms with Crippen molar-refractivity contribution in [2.75, 3.05) is 0 Å². The van der Waals surface area contributed by atoms with E-state index in [4.69, 9.17) is 5.26 Å². The standard InChI is InChI=1S/C13H11BrN2S/c14-12-3-1-2-10(4-12)7-16-8-13-5-11(6-15)9-17-13/h1-5,9,16H,7-8H2. The van der Waals surface area contributed by atoms with E-state index in [2.05, 4.69) is 39.4 Å². The summed E-state index contributed by atoms with van der Waals surface area (Å²) in [6, 6.07) is 12.3. The van der Waals surface area contributed by atoms with Gasteiger partial charge in [-0.15, -0.1) is 11.3 Å². The summed E-state index contributed by atoms with van der Waals surface area (Å²) in [7, 11) is 0. The van der Waals surface area contributed by atoms with Gasteiger partial charge in [-0.2, -0.15) is 5.26 Å². The molecule has 2 rings (SSSR count). The lowest BCUT2D eigenvalue weighted by Crippen LogP contribution is -2.11. The number of nitriles is 1. The van der Waals surface area contributed by atoms with Gasteiger partial charge < -0.3 is 5.32 Å². The maximum absolute atomic E-state index is 8.72. The summed E-state index contributed by atoms with van der Waals surface area (Å²) in [6.07, 6.45) is 0. The highest BCUT2D eigenvalue weighted by molar-refractivity contribution is 9.10. The molecule has 0 fully saturated rings. The molecule has 86 valence electrons. The number of nitrogens with one attached hydrogen (secondary N) is 1. The maximum Gasteiger partial charge on any atom is 0.100 e. The minimum Gasteiger partial charge on any atom is -0.308 e. The van der Waals surface area contributed by atoms with E-state index in [0.29, 0.717) is 0 Å². The van der Waals surface area contributed by atoms with Gasteiger partial charge in [0.25, 0.3) is 0 Å². The van der Waals surface area contributed by atoms with Gasteiger partial charge in [0.15, 0.2) is 0 Å². The zero-order valence-electron chi connectivity index (χ0n) is 9.11. The van der Waals surface area contributed by atoms with Crippen LogP contribution in [0.4, 0.5) is 0 Å². The van der Waals surface area contributed by atoms with Crippen molar-refractivity contribution in [2.24, 2.45) is 0 Å². The summed E-state index contributed by atoms with van der Waals surface area (Å²) in [4.78, 5) is 1.19. The SMILES string of the molecule is N#Cc1csc(CNCc2cccc(Br)c2)c1. The molecule has 0 radical (unpaired) electrons. The van der Waals surface area contributed by atoms with E-state index < -0.39 is 0 Å². The fraction of sp³-hybridized carbons (Fsp3) is 0.154. The molecule has 1 heterocycles. The Kier molecular flexibility index (Phi) is 4.32. The molecule has 0 bridgehead atoms. The van der Waals surface area contributed by atoms with Gasteiger partial charge in [0.1, 0.15) is 6.07 Å². The Labute approximate surface area is 113 Å². The zero-order chi connectivity index (χ0) is 12.1. The third-order valence-electron chi connectivity index (χ3n) is 2.30. The molecule has 0 aliphatic heterocycles. The highest BCUT2D eigenvalue weighted by Gasteiger charge is 1.99. The van der Waals surface area contributed by atoms with Crippen LogP contribution in [0.1, 0.15) is 16.0 Å². The van der Waals surface area contributed by atoms with Crippen LogP contribution in [-0.4, -0.2) is 0 Å². The largest absolute Gasteiger partial charge is 0.308 e. The lowest BCUT2D eigenvalue weighted by atomic mass is 10.2. The molecule has 0 atom stereocenters. The summed E-state index contributed by atoms with van der Waals surface area (Å²) < 4.78 is 1.10. The quantitative estimate of drug-likeness (QED) is 0.935. The van der Waals surface area contributed by atoms with E-state index in [1.54, 1.807) is 11.3 Å². The van der Waals surface area contributed by atoms with Crippen LogP contribution in [0.25, 0.3) is 0 Å². The van der Waals surface area contributed by atoms with Crippen LogP contribution < -0.4 is 5.32 Å². The average molecular weight is 307 g/mol. The molecule has 0 aliphatic rings. The van der Waals surface area contributed by atoms with Crippen molar-refractivity contribution < 1.29 is 0 Å². The summed E-state index contributed by atoms with van der Waals surface area (Å²) >= 11 is 5.07. The van der Waals surface area contributed by atoms with E-state index in [9.17, 15) is 0 Å². The van der Waals surface area contributed by atoms with Crippen LogP contribution in [0.5, 0.6) is 0 Å². The van der Waals surface area contributed by atoms with Gasteiger partial charge in [0.2, 0.25) is 0 Å². The smallest absolute Gasteiger partial charge is 0.100 e. The first-order valence-corrected chi connectivity index (χ1v) is 6.88. The molecule has 1 N–H and O–H groups in total. The Balaban J connectivity index is 1.85. The summed E-state index contributed by atoms with van der Waals surface area (Å²) in [5.41, 5.74) is 1.99. The molecule has 0 saturated heterocycles. The Hall–Kier alpha value is -1.15. The third-order valence-corrected chi connectivity index (χ3v) is 3.73. The summed E-state index contributed by atoms with van der Waals surface area (Å²) in [6.45, 7) is 1.64. The topological polar surface area (TPSA) is 35.8 Å². The molecule has 0 saturated carbocycles. The van der Waals surface area contributed by atoms with Gasteiger partial charge in [-0.25, -0.2) is 0 Å². The normalized spacial score (nSPS) is 10.1. The fourth-order valence-electron chi connectivity index (χ4n) is 1.51. The van der Waals surface area contributed by atoms with Crippen LogP contribution in [0, 0.1) is 11.3 Å². The summed E-state index contributed by atoms with van der Waals surface area (Å²) in [5.74, 6) is 0. The summed E-state index contributed by atoms with van der Waals surface area (Å²) in [5, 5.41) is 14.0. The van der Waals surface area contributed by atoms with Crippen molar-refractivity contribution in [2.45, 2.75) is 13.1 Å². The number of benzene rings is 1. The second kappa shape index (κ2) is 5.97. The first-order chi connectivity index (χ1) is 8.28. The Morgan fingerprint density at radius 2 is 2.18 bits per heavy atom. The molecule has 0 amide bonds. The lowest BCUT2D eigenvalue weighted by Gasteiger charge is -2.03. The third kappa shape index (κ3) is 3.67. The van der Waals surface area contributed by atoms with E-state index in [0.717, 1.165) is 23.1 Å². The van der Waals surface area contributed by atoms with Crippen molar-refractivity contribution >= 4 is 27.3 Å². The molecule has 4 heteroatoms. The highest BCUT2D eigenvalue weighted by atomic mass is 79.9. The zero-order valence-corrected chi connectivity index (χ0v) is 11.5. The number of hydrogen-bond acceptors (Lipinski definition) is 3. The Bertz CT molecular complexity index is 542. The maximum atomic E-state index is 8.72. The molecule has 2 aromatic rings. The van der Waals surface area contributed by atoms with Crippen LogP contribution >= 0.6 is 27.3 Å². The monoisotopic (exact) mass is 306 g/mol. The van der Waals surface area contributed by atoms with Crippen LogP contribution in [0.2, 0.25) is 0 Å². The predicted molar refractivity (Wildman–Crippen MR) is 73.7 cm³/mol. The van der Waals surface area contributed by atoms with E-state index in [-0.39, 0.29) is 0 Å². The van der Waals surface area contributed by atoms with Crippen molar-refractivity contribution in [1.29, 1.82) is 5.26 Å². The molecule has 0 unspecified atom stereocenters. The minimum atomic E-state index is 0.745. The van der Waals surface area contributed by atoms with Gasteiger partial charge in [-0.1, -0.05) is 28.1 Å². The molecule has 17 heavy (non-hydrogen) atoms. The Morgan fingerprint density at radius 1 is 1.29 bits per heavy atom. The van der Waals surface area contributed by atoms with Crippen molar-refractivity contribution in [3.8, 4) is 6.07 Å². The van der Waals surface area contributed by atoms with E-state index in [1.807, 2.05) is 23.6 Å². The van der Waals surface area contributed by atoms with Crippen LogP contribution in [-0.2, 0) is 13.1 Å². The van der Waals surface area contributed by atoms with Gasteiger partial charge in [-0.3, -0.25) is 0 Å².